The lowest BCUT2D eigenvalue weighted by Crippen LogP contribution is -2.27. The summed E-state index contributed by atoms with van der Waals surface area (Å²) in [6.07, 6.45) is 3.18. The number of benzene rings is 3. The van der Waals surface area contributed by atoms with Crippen LogP contribution in [0.2, 0.25) is 5.02 Å². The first-order valence-electron chi connectivity index (χ1n) is 9.31. The molecule has 3 N–H and O–H groups in total. The quantitative estimate of drug-likeness (QED) is 0.538. The lowest BCUT2D eigenvalue weighted by molar-refractivity contribution is -0.120. The summed E-state index contributed by atoms with van der Waals surface area (Å²) in [4.78, 5) is 23.3. The predicted molar refractivity (Wildman–Crippen MR) is 118 cm³/mol. The fourth-order valence-electron chi connectivity index (χ4n) is 2.85. The summed E-state index contributed by atoms with van der Waals surface area (Å²) in [7, 11) is 0. The van der Waals surface area contributed by atoms with Crippen LogP contribution in [0.15, 0.2) is 84.9 Å². The Morgan fingerprint density at radius 1 is 0.933 bits per heavy atom. The van der Waals surface area contributed by atoms with E-state index in [9.17, 15) is 9.59 Å². The molecule has 3 rings (SSSR count). The van der Waals surface area contributed by atoms with E-state index in [4.69, 9.17) is 22.1 Å². The Labute approximate surface area is 180 Å². The molecule has 0 spiro atoms. The number of hydrogen-bond donors (Lipinski definition) is 2. The highest BCUT2D eigenvalue weighted by molar-refractivity contribution is 6.30. The van der Waals surface area contributed by atoms with Crippen LogP contribution in [0.4, 0.5) is 0 Å². The number of ether oxygens (including phenoxy) is 1. The topological polar surface area (TPSA) is 81.4 Å². The molecule has 0 radical (unpaired) electrons. The van der Waals surface area contributed by atoms with Gasteiger partial charge >= 0.3 is 0 Å². The Balaban J connectivity index is 1.70. The van der Waals surface area contributed by atoms with Gasteiger partial charge in [-0.15, -0.1) is 0 Å². The fourth-order valence-corrected chi connectivity index (χ4v) is 2.98. The molecule has 0 saturated carbocycles. The van der Waals surface area contributed by atoms with Gasteiger partial charge in [-0.2, -0.15) is 0 Å². The second-order valence-electron chi connectivity index (χ2n) is 6.56. The third kappa shape index (κ3) is 6.22. The highest BCUT2D eigenvalue weighted by Crippen LogP contribution is 2.23. The highest BCUT2D eigenvalue weighted by Gasteiger charge is 2.15. The van der Waals surface area contributed by atoms with Gasteiger partial charge in [0.1, 0.15) is 5.75 Å². The van der Waals surface area contributed by atoms with Crippen molar-refractivity contribution in [2.45, 2.75) is 6.04 Å². The third-order valence-corrected chi connectivity index (χ3v) is 4.56. The van der Waals surface area contributed by atoms with Crippen molar-refractivity contribution in [2.24, 2.45) is 5.73 Å². The third-order valence-electron chi connectivity index (χ3n) is 4.31. The van der Waals surface area contributed by atoms with Gasteiger partial charge < -0.3 is 15.8 Å². The van der Waals surface area contributed by atoms with E-state index in [2.05, 4.69) is 5.32 Å². The van der Waals surface area contributed by atoms with Gasteiger partial charge in [0.25, 0.3) is 5.91 Å². The van der Waals surface area contributed by atoms with E-state index in [1.165, 1.54) is 6.08 Å². The van der Waals surface area contributed by atoms with Crippen LogP contribution in [0.5, 0.6) is 5.75 Å². The molecule has 0 aromatic heterocycles. The predicted octanol–water partition coefficient (Wildman–Crippen LogP) is 4.12. The minimum atomic E-state index is -0.538. The van der Waals surface area contributed by atoms with Gasteiger partial charge in [0.15, 0.2) is 6.61 Å². The first-order chi connectivity index (χ1) is 14.5. The van der Waals surface area contributed by atoms with Gasteiger partial charge in [-0.05, 0) is 47.0 Å². The van der Waals surface area contributed by atoms with Crippen LogP contribution in [-0.2, 0) is 9.59 Å². The average Bonchev–Trinajstić information content (AvgIpc) is 2.76. The molecular weight excluding hydrogens is 400 g/mol. The zero-order chi connectivity index (χ0) is 21.3. The second-order valence-corrected chi connectivity index (χ2v) is 7.00. The molecule has 0 bridgehead atoms. The minimum Gasteiger partial charge on any atom is -0.484 e. The van der Waals surface area contributed by atoms with E-state index in [0.29, 0.717) is 10.8 Å². The number of carbonyl (C=O) groups excluding carboxylic acids is 2. The minimum absolute atomic E-state index is 0.177. The number of primary amides is 1. The molecule has 0 aliphatic rings. The highest BCUT2D eigenvalue weighted by atomic mass is 35.5. The summed E-state index contributed by atoms with van der Waals surface area (Å²) < 4.78 is 5.22. The van der Waals surface area contributed by atoms with Crippen molar-refractivity contribution in [1.29, 1.82) is 0 Å². The zero-order valence-electron chi connectivity index (χ0n) is 16.1. The first-order valence-corrected chi connectivity index (χ1v) is 9.69. The Kier molecular flexibility index (Phi) is 7.24. The monoisotopic (exact) mass is 420 g/mol. The maximum atomic E-state index is 12.6. The number of carbonyl (C=O) groups is 2. The summed E-state index contributed by atoms with van der Waals surface area (Å²) in [5, 5.41) is 3.68. The lowest BCUT2D eigenvalue weighted by atomic mass is 9.98. The molecule has 1 unspecified atom stereocenters. The van der Waals surface area contributed by atoms with Gasteiger partial charge in [-0.25, -0.2) is 0 Å². The molecule has 0 aliphatic heterocycles. The Hall–Kier alpha value is -3.57. The Morgan fingerprint density at radius 3 is 2.20 bits per heavy atom. The summed E-state index contributed by atoms with van der Waals surface area (Å²) in [5.41, 5.74) is 7.78. The van der Waals surface area contributed by atoms with Crippen LogP contribution >= 0.6 is 11.6 Å². The van der Waals surface area contributed by atoms with E-state index < -0.39 is 5.91 Å². The van der Waals surface area contributed by atoms with Crippen LogP contribution < -0.4 is 15.8 Å². The van der Waals surface area contributed by atoms with Crippen LogP contribution in [0.3, 0.4) is 0 Å². The van der Waals surface area contributed by atoms with Crippen molar-refractivity contribution in [3.63, 3.8) is 0 Å². The molecule has 30 heavy (non-hydrogen) atoms. The van der Waals surface area contributed by atoms with E-state index >= 15 is 0 Å². The van der Waals surface area contributed by atoms with Crippen molar-refractivity contribution >= 4 is 29.5 Å². The zero-order valence-corrected chi connectivity index (χ0v) is 16.9. The lowest BCUT2D eigenvalue weighted by Gasteiger charge is -2.19. The molecule has 1 atom stereocenters. The van der Waals surface area contributed by atoms with Crippen LogP contribution in [0, 0.1) is 0 Å². The number of hydrogen-bond acceptors (Lipinski definition) is 3. The summed E-state index contributed by atoms with van der Waals surface area (Å²) in [6.45, 7) is -0.177. The van der Waals surface area contributed by atoms with E-state index in [1.807, 2.05) is 42.5 Å². The number of nitrogens with two attached hydrogens (primary N) is 1. The van der Waals surface area contributed by atoms with Crippen LogP contribution in [0.1, 0.15) is 22.7 Å². The Morgan fingerprint density at radius 2 is 1.57 bits per heavy atom. The van der Waals surface area contributed by atoms with Gasteiger partial charge in [0.2, 0.25) is 5.91 Å². The smallest absolute Gasteiger partial charge is 0.255 e. The standard InChI is InChI=1S/C24H21ClN2O3/c25-20-11-9-19(10-12-20)24(18-4-2-1-3-5-18)27-23(29)15-8-17-6-13-21(14-7-17)30-16-22(26)28/h1-15,24H,16H2,(H2,26,28)(H,27,29)/b15-8+. The number of nitrogens with one attached hydrogen (secondary N) is 1. The maximum Gasteiger partial charge on any atom is 0.255 e. The van der Waals surface area contributed by atoms with Crippen molar-refractivity contribution in [2.75, 3.05) is 6.61 Å². The van der Waals surface area contributed by atoms with E-state index in [-0.39, 0.29) is 18.6 Å². The molecule has 0 saturated heterocycles. The summed E-state index contributed by atoms with van der Waals surface area (Å²) >= 11 is 6.00. The first kappa shape index (κ1) is 21.1. The number of rotatable bonds is 8. The Bertz CT molecular complexity index is 1020. The summed E-state index contributed by atoms with van der Waals surface area (Å²) in [5.74, 6) is -0.237. The largest absolute Gasteiger partial charge is 0.484 e. The van der Waals surface area contributed by atoms with Gasteiger partial charge in [-0.3, -0.25) is 9.59 Å². The molecular formula is C24H21ClN2O3. The molecule has 2 amide bonds. The van der Waals surface area contributed by atoms with Crippen molar-refractivity contribution in [1.82, 2.24) is 5.32 Å². The van der Waals surface area contributed by atoms with Gasteiger partial charge in [0.05, 0.1) is 6.04 Å². The van der Waals surface area contributed by atoms with Crippen molar-refractivity contribution in [3.8, 4) is 5.75 Å². The number of amides is 2. The normalized spacial score (nSPS) is 11.8. The van der Waals surface area contributed by atoms with Crippen LogP contribution in [-0.4, -0.2) is 18.4 Å². The van der Waals surface area contributed by atoms with Gasteiger partial charge in [-0.1, -0.05) is 66.2 Å². The maximum absolute atomic E-state index is 12.6. The van der Waals surface area contributed by atoms with Gasteiger partial charge in [0, 0.05) is 11.1 Å². The second kappa shape index (κ2) is 10.3. The molecule has 0 aliphatic carbocycles. The molecule has 152 valence electrons. The van der Waals surface area contributed by atoms with Crippen LogP contribution in [0.25, 0.3) is 6.08 Å². The molecule has 0 heterocycles. The molecule has 0 fully saturated rings. The average molecular weight is 421 g/mol. The molecule has 6 heteroatoms. The van der Waals surface area contributed by atoms with E-state index in [1.54, 1.807) is 42.5 Å². The molecule has 3 aromatic carbocycles. The van der Waals surface area contributed by atoms with Crippen molar-refractivity contribution in [3.05, 3.63) is 107 Å². The molecule has 5 nitrogen and oxygen atoms in total. The fraction of sp³-hybridized carbons (Fsp3) is 0.0833. The SMILES string of the molecule is NC(=O)COc1ccc(/C=C/C(=O)NC(c2ccccc2)c2ccc(Cl)cc2)cc1. The van der Waals surface area contributed by atoms with E-state index in [0.717, 1.165) is 16.7 Å². The number of halogens is 1. The molecule has 3 aromatic rings. The van der Waals surface area contributed by atoms with Crippen molar-refractivity contribution < 1.29 is 14.3 Å². The summed E-state index contributed by atoms with van der Waals surface area (Å²) in [6, 6.07) is 23.8.